The van der Waals surface area contributed by atoms with Gasteiger partial charge in [-0.05, 0) is 27.7 Å². The van der Waals surface area contributed by atoms with Crippen LogP contribution < -0.4 is 10.6 Å². The van der Waals surface area contributed by atoms with Gasteiger partial charge in [-0.2, -0.15) is 5.10 Å². The normalized spacial score (nSPS) is 13.0. The standard InChI is InChI=1S/C15H23N5OS/c1-10(13-18-11(2)9-22-13)6-16-14(21)19-12-7-17-20(8-12)15(3,4)5/h7-10H,6H2,1-5H3,(H2,16,19,21)/t10-/m0/s1. The van der Waals surface area contributed by atoms with Crippen molar-refractivity contribution in [3.63, 3.8) is 0 Å². The quantitative estimate of drug-likeness (QED) is 0.907. The van der Waals surface area contributed by atoms with Crippen LogP contribution in [-0.4, -0.2) is 27.3 Å². The van der Waals surface area contributed by atoms with Crippen LogP contribution in [-0.2, 0) is 5.54 Å². The van der Waals surface area contributed by atoms with Crippen LogP contribution in [0.3, 0.4) is 0 Å². The molecule has 0 aliphatic carbocycles. The summed E-state index contributed by atoms with van der Waals surface area (Å²) in [6.07, 6.45) is 3.48. The second-order valence-corrected chi connectivity index (χ2v) is 7.30. The van der Waals surface area contributed by atoms with Gasteiger partial charge in [-0.15, -0.1) is 11.3 Å². The summed E-state index contributed by atoms with van der Waals surface area (Å²) in [5.41, 5.74) is 1.60. The van der Waals surface area contributed by atoms with Crippen molar-refractivity contribution in [3.05, 3.63) is 28.5 Å². The van der Waals surface area contributed by atoms with Gasteiger partial charge in [0.25, 0.3) is 0 Å². The third kappa shape index (κ3) is 4.30. The number of amides is 2. The van der Waals surface area contributed by atoms with Gasteiger partial charge < -0.3 is 10.6 Å². The molecule has 0 bridgehead atoms. The molecule has 2 aromatic heterocycles. The van der Waals surface area contributed by atoms with E-state index in [0.717, 1.165) is 10.7 Å². The molecule has 0 spiro atoms. The first kappa shape index (κ1) is 16.5. The van der Waals surface area contributed by atoms with Crippen molar-refractivity contribution in [1.82, 2.24) is 20.1 Å². The van der Waals surface area contributed by atoms with E-state index in [4.69, 9.17) is 0 Å². The van der Waals surface area contributed by atoms with E-state index >= 15 is 0 Å². The van der Waals surface area contributed by atoms with Crippen LogP contribution in [0.2, 0.25) is 0 Å². The van der Waals surface area contributed by atoms with E-state index in [1.165, 1.54) is 0 Å². The molecule has 2 amide bonds. The van der Waals surface area contributed by atoms with Crippen LogP contribution in [0.1, 0.15) is 44.3 Å². The number of aromatic nitrogens is 3. The van der Waals surface area contributed by atoms with Gasteiger partial charge in [0.05, 0.1) is 22.4 Å². The van der Waals surface area contributed by atoms with E-state index in [-0.39, 0.29) is 17.5 Å². The number of nitrogens with zero attached hydrogens (tertiary/aromatic N) is 3. The Morgan fingerprint density at radius 3 is 2.73 bits per heavy atom. The first-order chi connectivity index (χ1) is 10.3. The Balaban J connectivity index is 1.84. The van der Waals surface area contributed by atoms with Gasteiger partial charge >= 0.3 is 6.03 Å². The molecular weight excluding hydrogens is 298 g/mol. The zero-order chi connectivity index (χ0) is 16.3. The molecule has 0 aliphatic rings. The average Bonchev–Trinajstić information content (AvgIpc) is 3.04. The molecule has 2 aromatic rings. The summed E-state index contributed by atoms with van der Waals surface area (Å²) in [6, 6.07) is -0.228. The van der Waals surface area contributed by atoms with Crippen molar-refractivity contribution < 1.29 is 4.79 Å². The second kappa shape index (κ2) is 6.48. The molecule has 7 heteroatoms. The maximum absolute atomic E-state index is 11.9. The number of rotatable bonds is 4. The smallest absolute Gasteiger partial charge is 0.319 e. The highest BCUT2D eigenvalue weighted by atomic mass is 32.1. The molecule has 6 nitrogen and oxygen atoms in total. The molecule has 22 heavy (non-hydrogen) atoms. The lowest BCUT2D eigenvalue weighted by Crippen LogP contribution is -2.31. The number of thiazole rings is 1. The monoisotopic (exact) mass is 321 g/mol. The maximum atomic E-state index is 11.9. The highest BCUT2D eigenvalue weighted by Gasteiger charge is 2.15. The van der Waals surface area contributed by atoms with Gasteiger partial charge in [-0.3, -0.25) is 4.68 Å². The second-order valence-electron chi connectivity index (χ2n) is 6.41. The molecule has 0 aliphatic heterocycles. The summed E-state index contributed by atoms with van der Waals surface area (Å²) in [5.74, 6) is 0.196. The number of carbonyl (C=O) groups is 1. The minimum Gasteiger partial charge on any atom is -0.337 e. The van der Waals surface area contributed by atoms with Crippen molar-refractivity contribution in [3.8, 4) is 0 Å². The van der Waals surface area contributed by atoms with E-state index in [1.54, 1.807) is 17.5 Å². The lowest BCUT2D eigenvalue weighted by atomic mass is 10.1. The van der Waals surface area contributed by atoms with Gasteiger partial charge in [-0.25, -0.2) is 9.78 Å². The molecule has 0 aromatic carbocycles. The Kier molecular flexibility index (Phi) is 4.85. The Bertz CT molecular complexity index is 640. The van der Waals surface area contributed by atoms with Gasteiger partial charge in [0.2, 0.25) is 0 Å². The summed E-state index contributed by atoms with van der Waals surface area (Å²) < 4.78 is 1.82. The van der Waals surface area contributed by atoms with Gasteiger partial charge in [0, 0.05) is 29.7 Å². The predicted molar refractivity (Wildman–Crippen MR) is 89.5 cm³/mol. The number of anilines is 1. The lowest BCUT2D eigenvalue weighted by molar-refractivity contribution is 0.251. The number of hydrogen-bond donors (Lipinski definition) is 2. The first-order valence-electron chi connectivity index (χ1n) is 7.28. The number of urea groups is 1. The van der Waals surface area contributed by atoms with E-state index in [9.17, 15) is 4.79 Å². The predicted octanol–water partition coefficient (Wildman–Crippen LogP) is 3.33. The van der Waals surface area contributed by atoms with Crippen molar-refractivity contribution in [2.45, 2.75) is 46.1 Å². The highest BCUT2D eigenvalue weighted by Crippen LogP contribution is 2.19. The molecule has 2 heterocycles. The fourth-order valence-electron chi connectivity index (χ4n) is 1.86. The zero-order valence-electron chi connectivity index (χ0n) is 13.7. The molecule has 0 saturated heterocycles. The minimum atomic E-state index is -0.228. The van der Waals surface area contributed by atoms with Crippen LogP contribution in [0.4, 0.5) is 10.5 Å². The molecule has 2 N–H and O–H groups in total. The van der Waals surface area contributed by atoms with E-state index in [1.807, 2.05) is 23.2 Å². The number of aryl methyl sites for hydroxylation is 1. The largest absolute Gasteiger partial charge is 0.337 e. The summed E-state index contributed by atoms with van der Waals surface area (Å²) in [4.78, 5) is 16.4. The van der Waals surface area contributed by atoms with Crippen LogP contribution in [0, 0.1) is 6.92 Å². The molecule has 0 radical (unpaired) electrons. The number of carbonyl (C=O) groups excluding carboxylic acids is 1. The Labute approximate surface area is 135 Å². The van der Waals surface area contributed by atoms with Crippen LogP contribution in [0.5, 0.6) is 0 Å². The third-order valence-electron chi connectivity index (χ3n) is 3.15. The molecule has 1 atom stereocenters. The first-order valence-corrected chi connectivity index (χ1v) is 8.15. The fourth-order valence-corrected chi connectivity index (χ4v) is 2.72. The SMILES string of the molecule is Cc1csc([C@@H](C)CNC(=O)Nc2cnn(C(C)(C)C)c2)n1. The molecular formula is C15H23N5OS. The molecule has 0 unspecified atom stereocenters. The highest BCUT2D eigenvalue weighted by molar-refractivity contribution is 7.09. The molecule has 2 rings (SSSR count). The number of nitrogens with one attached hydrogen (secondary N) is 2. The van der Waals surface area contributed by atoms with Crippen LogP contribution in [0.15, 0.2) is 17.8 Å². The van der Waals surface area contributed by atoms with Gasteiger partial charge in [0.15, 0.2) is 0 Å². The minimum absolute atomic E-state index is 0.104. The van der Waals surface area contributed by atoms with Crippen LogP contribution in [0.25, 0.3) is 0 Å². The Hall–Kier alpha value is -1.89. The van der Waals surface area contributed by atoms with Gasteiger partial charge in [-0.1, -0.05) is 6.92 Å². The van der Waals surface area contributed by atoms with E-state index in [0.29, 0.717) is 12.2 Å². The maximum Gasteiger partial charge on any atom is 0.319 e. The Morgan fingerprint density at radius 1 is 1.45 bits per heavy atom. The summed E-state index contributed by atoms with van der Waals surface area (Å²) in [7, 11) is 0. The van der Waals surface area contributed by atoms with Crippen LogP contribution >= 0.6 is 11.3 Å². The molecule has 0 fully saturated rings. The topological polar surface area (TPSA) is 71.8 Å². The molecule has 0 saturated carbocycles. The van der Waals surface area contributed by atoms with Crippen molar-refractivity contribution >= 4 is 23.1 Å². The van der Waals surface area contributed by atoms with Crippen molar-refractivity contribution in [1.29, 1.82) is 0 Å². The molecule has 120 valence electrons. The van der Waals surface area contributed by atoms with Crippen molar-refractivity contribution in [2.75, 3.05) is 11.9 Å². The third-order valence-corrected chi connectivity index (χ3v) is 4.35. The lowest BCUT2D eigenvalue weighted by Gasteiger charge is -2.18. The zero-order valence-corrected chi connectivity index (χ0v) is 14.5. The van der Waals surface area contributed by atoms with E-state index in [2.05, 4.69) is 48.4 Å². The van der Waals surface area contributed by atoms with E-state index < -0.39 is 0 Å². The Morgan fingerprint density at radius 2 is 2.18 bits per heavy atom. The fraction of sp³-hybridized carbons (Fsp3) is 0.533. The average molecular weight is 321 g/mol. The summed E-state index contributed by atoms with van der Waals surface area (Å²) >= 11 is 1.62. The summed E-state index contributed by atoms with van der Waals surface area (Å²) in [5, 5.41) is 13.0. The number of hydrogen-bond acceptors (Lipinski definition) is 4. The summed E-state index contributed by atoms with van der Waals surface area (Å²) in [6.45, 7) is 10.7. The van der Waals surface area contributed by atoms with Gasteiger partial charge in [0.1, 0.15) is 0 Å². The van der Waals surface area contributed by atoms with Crippen molar-refractivity contribution in [2.24, 2.45) is 0 Å².